The minimum absolute atomic E-state index is 0.238. The molecular weight excluding hydrogens is 337 g/mol. The molecule has 0 aliphatic carbocycles. The van der Waals surface area contributed by atoms with Crippen molar-refractivity contribution >= 4 is 11.6 Å². The van der Waals surface area contributed by atoms with Crippen LogP contribution in [0.2, 0.25) is 0 Å². The van der Waals surface area contributed by atoms with Crippen LogP contribution in [0.3, 0.4) is 0 Å². The Morgan fingerprint density at radius 3 is 2.50 bits per heavy atom. The van der Waals surface area contributed by atoms with Crippen LogP contribution in [0.15, 0.2) is 65.5 Å². The molecule has 0 atom stereocenters. The van der Waals surface area contributed by atoms with Gasteiger partial charge in [0.15, 0.2) is 5.69 Å². The normalized spacial score (nSPS) is 10.4. The molecule has 132 valence electrons. The number of amides is 1. The monoisotopic (exact) mass is 353 g/mol. The van der Waals surface area contributed by atoms with Crippen molar-refractivity contribution in [2.45, 2.75) is 6.92 Å². The molecule has 0 aliphatic heterocycles. The predicted molar refractivity (Wildman–Crippen MR) is 95.4 cm³/mol. The van der Waals surface area contributed by atoms with E-state index in [1.54, 1.807) is 19.1 Å². The third kappa shape index (κ3) is 3.77. The van der Waals surface area contributed by atoms with Crippen LogP contribution in [0.1, 0.15) is 17.4 Å². The number of rotatable bonds is 5. The van der Waals surface area contributed by atoms with E-state index < -0.39 is 17.2 Å². The molecule has 1 amide bonds. The highest BCUT2D eigenvalue weighted by atomic mass is 19.1. The van der Waals surface area contributed by atoms with Crippen molar-refractivity contribution in [2.24, 2.45) is 0 Å². The number of aromatic nitrogens is 2. The molecule has 3 aromatic rings. The number of carbonyl (C=O) groups excluding carboxylic acids is 1. The Hall–Kier alpha value is -3.48. The highest BCUT2D eigenvalue weighted by Crippen LogP contribution is 2.16. The Kier molecular flexibility index (Phi) is 5.07. The van der Waals surface area contributed by atoms with E-state index in [4.69, 9.17) is 4.74 Å². The van der Waals surface area contributed by atoms with Crippen LogP contribution >= 0.6 is 0 Å². The van der Waals surface area contributed by atoms with Gasteiger partial charge >= 0.3 is 0 Å². The summed E-state index contributed by atoms with van der Waals surface area (Å²) in [4.78, 5) is 24.8. The van der Waals surface area contributed by atoms with Crippen molar-refractivity contribution in [3.63, 3.8) is 0 Å². The number of ether oxygens (including phenoxy) is 1. The highest BCUT2D eigenvalue weighted by Gasteiger charge is 2.17. The minimum Gasteiger partial charge on any atom is -0.478 e. The van der Waals surface area contributed by atoms with E-state index in [1.165, 1.54) is 35.0 Å². The van der Waals surface area contributed by atoms with Gasteiger partial charge in [-0.25, -0.2) is 9.07 Å². The second kappa shape index (κ2) is 7.60. The van der Waals surface area contributed by atoms with E-state index in [0.29, 0.717) is 18.0 Å². The van der Waals surface area contributed by atoms with Gasteiger partial charge in [0, 0.05) is 5.69 Å². The molecule has 0 aliphatic rings. The van der Waals surface area contributed by atoms with Crippen molar-refractivity contribution in [2.75, 3.05) is 11.9 Å². The first-order valence-electron chi connectivity index (χ1n) is 7.98. The van der Waals surface area contributed by atoms with Crippen LogP contribution in [-0.2, 0) is 0 Å². The molecule has 0 fully saturated rings. The predicted octanol–water partition coefficient (Wildman–Crippen LogP) is 3.02. The second-order valence-corrected chi connectivity index (χ2v) is 5.34. The lowest BCUT2D eigenvalue weighted by Gasteiger charge is -2.13. The number of nitrogens with zero attached hydrogens (tertiary/aromatic N) is 2. The number of carbonyl (C=O) groups is 1. The molecule has 1 heterocycles. The van der Waals surface area contributed by atoms with Crippen LogP contribution < -0.4 is 15.5 Å². The summed E-state index contributed by atoms with van der Waals surface area (Å²) in [5, 5.41) is 6.70. The van der Waals surface area contributed by atoms with Crippen molar-refractivity contribution in [1.29, 1.82) is 0 Å². The summed E-state index contributed by atoms with van der Waals surface area (Å²) in [7, 11) is 0. The molecule has 1 aromatic heterocycles. The smallest absolute Gasteiger partial charge is 0.280 e. The van der Waals surface area contributed by atoms with Gasteiger partial charge in [-0.1, -0.05) is 18.2 Å². The molecule has 0 bridgehead atoms. The molecule has 1 N–H and O–H groups in total. The van der Waals surface area contributed by atoms with E-state index >= 15 is 0 Å². The molecule has 0 saturated carbocycles. The van der Waals surface area contributed by atoms with Gasteiger partial charge in [-0.3, -0.25) is 9.59 Å². The first-order chi connectivity index (χ1) is 12.6. The Morgan fingerprint density at radius 1 is 1.15 bits per heavy atom. The van der Waals surface area contributed by atoms with Crippen molar-refractivity contribution in [1.82, 2.24) is 9.78 Å². The maximum absolute atomic E-state index is 13.0. The standard InChI is InChI=1S/C19H16FN3O3/c1-2-26-17-12-16(24)18(22-23(17)15-6-4-3-5-7-15)19(25)21-14-10-8-13(20)9-11-14/h3-12H,2H2,1H3,(H,21,25). The number of halogens is 1. The van der Waals surface area contributed by atoms with Gasteiger partial charge in [0.1, 0.15) is 5.82 Å². The van der Waals surface area contributed by atoms with Gasteiger partial charge in [0.2, 0.25) is 11.3 Å². The van der Waals surface area contributed by atoms with Gasteiger partial charge in [0.05, 0.1) is 18.4 Å². The fourth-order valence-corrected chi connectivity index (χ4v) is 2.33. The maximum Gasteiger partial charge on any atom is 0.280 e. The molecular formula is C19H16FN3O3. The second-order valence-electron chi connectivity index (χ2n) is 5.34. The summed E-state index contributed by atoms with van der Waals surface area (Å²) < 4.78 is 19.8. The van der Waals surface area contributed by atoms with E-state index in [0.717, 1.165) is 0 Å². The van der Waals surface area contributed by atoms with Crippen LogP contribution in [0.25, 0.3) is 5.69 Å². The average Bonchev–Trinajstić information content (AvgIpc) is 2.65. The third-order valence-corrected chi connectivity index (χ3v) is 3.51. The minimum atomic E-state index is -0.686. The number of para-hydroxylation sites is 1. The number of hydrogen-bond donors (Lipinski definition) is 1. The van der Waals surface area contributed by atoms with Crippen LogP contribution in [0, 0.1) is 5.82 Å². The van der Waals surface area contributed by atoms with E-state index in [9.17, 15) is 14.0 Å². The highest BCUT2D eigenvalue weighted by molar-refractivity contribution is 6.02. The molecule has 6 nitrogen and oxygen atoms in total. The van der Waals surface area contributed by atoms with Crippen LogP contribution in [0.4, 0.5) is 10.1 Å². The number of benzene rings is 2. The van der Waals surface area contributed by atoms with E-state index in [1.807, 2.05) is 18.2 Å². The molecule has 0 radical (unpaired) electrons. The molecule has 0 saturated heterocycles. The molecule has 0 spiro atoms. The summed E-state index contributed by atoms with van der Waals surface area (Å²) in [6, 6.07) is 15.5. The lowest BCUT2D eigenvalue weighted by atomic mass is 10.3. The van der Waals surface area contributed by atoms with Crippen LogP contribution in [-0.4, -0.2) is 22.3 Å². The maximum atomic E-state index is 13.0. The third-order valence-electron chi connectivity index (χ3n) is 3.51. The van der Waals surface area contributed by atoms with Gasteiger partial charge in [-0.15, -0.1) is 0 Å². The van der Waals surface area contributed by atoms with Crippen LogP contribution in [0.5, 0.6) is 5.88 Å². The zero-order valence-electron chi connectivity index (χ0n) is 14.0. The quantitative estimate of drug-likeness (QED) is 0.765. The Labute approximate surface area is 148 Å². The lowest BCUT2D eigenvalue weighted by Crippen LogP contribution is -2.26. The Morgan fingerprint density at radius 2 is 1.85 bits per heavy atom. The molecule has 26 heavy (non-hydrogen) atoms. The largest absolute Gasteiger partial charge is 0.478 e. The SMILES string of the molecule is CCOc1cc(=O)c(C(=O)Nc2ccc(F)cc2)nn1-c1ccccc1. The van der Waals surface area contributed by atoms with Crippen molar-refractivity contribution in [3.05, 3.63) is 82.4 Å². The van der Waals surface area contributed by atoms with E-state index in [2.05, 4.69) is 10.4 Å². The zero-order chi connectivity index (χ0) is 18.5. The molecule has 7 heteroatoms. The molecule has 3 rings (SSSR count). The summed E-state index contributed by atoms with van der Waals surface area (Å²) >= 11 is 0. The van der Waals surface area contributed by atoms with E-state index in [-0.39, 0.29) is 11.6 Å². The van der Waals surface area contributed by atoms with Crippen molar-refractivity contribution < 1.29 is 13.9 Å². The Balaban J connectivity index is 2.00. The summed E-state index contributed by atoms with van der Waals surface area (Å²) in [6.07, 6.45) is 0. The van der Waals surface area contributed by atoms with Gasteiger partial charge in [-0.2, -0.15) is 5.10 Å². The van der Waals surface area contributed by atoms with Gasteiger partial charge in [-0.05, 0) is 43.3 Å². The topological polar surface area (TPSA) is 73.2 Å². The van der Waals surface area contributed by atoms with Gasteiger partial charge < -0.3 is 10.1 Å². The first kappa shape index (κ1) is 17.3. The molecule has 2 aromatic carbocycles. The summed E-state index contributed by atoms with van der Waals surface area (Å²) in [6.45, 7) is 2.13. The number of nitrogens with one attached hydrogen (secondary N) is 1. The molecule has 0 unspecified atom stereocenters. The lowest BCUT2D eigenvalue weighted by molar-refractivity contribution is 0.101. The zero-order valence-corrected chi connectivity index (χ0v) is 14.0. The number of anilines is 1. The Bertz CT molecular complexity index is 970. The summed E-state index contributed by atoms with van der Waals surface area (Å²) in [5.41, 5.74) is 0.145. The first-order valence-corrected chi connectivity index (χ1v) is 7.98. The summed E-state index contributed by atoms with van der Waals surface area (Å²) in [5.74, 6) is -0.870. The fourth-order valence-electron chi connectivity index (χ4n) is 2.33. The fraction of sp³-hybridized carbons (Fsp3) is 0.105. The van der Waals surface area contributed by atoms with Crippen molar-refractivity contribution in [3.8, 4) is 11.6 Å². The average molecular weight is 353 g/mol. The number of hydrogen-bond acceptors (Lipinski definition) is 4. The van der Waals surface area contributed by atoms with Gasteiger partial charge in [0.25, 0.3) is 5.91 Å².